The van der Waals surface area contributed by atoms with E-state index in [0.717, 1.165) is 11.1 Å². The van der Waals surface area contributed by atoms with Crippen LogP contribution in [0.4, 0.5) is 0 Å². The van der Waals surface area contributed by atoms with Gasteiger partial charge in [0.05, 0.1) is 0 Å². The molecule has 0 unspecified atom stereocenters. The van der Waals surface area contributed by atoms with Gasteiger partial charge in [-0.2, -0.15) is 0 Å². The van der Waals surface area contributed by atoms with Crippen LogP contribution < -0.4 is 5.32 Å². The molecule has 4 heteroatoms. The topological polar surface area (TPSA) is 66.4 Å². The first-order valence-electron chi connectivity index (χ1n) is 6.68. The van der Waals surface area contributed by atoms with E-state index < -0.39 is 6.61 Å². The van der Waals surface area contributed by atoms with E-state index in [1.54, 1.807) is 30.3 Å². The molecule has 2 N–H and O–H groups in total. The minimum Gasteiger partial charge on any atom is -0.388 e. The highest BCUT2D eigenvalue weighted by Crippen LogP contribution is 2.07. The molecule has 0 bridgehead atoms. The largest absolute Gasteiger partial charge is 0.388 e. The first kappa shape index (κ1) is 14.9. The van der Waals surface area contributed by atoms with Gasteiger partial charge in [-0.1, -0.05) is 42.0 Å². The smallest absolute Gasteiger partial charge is 0.251 e. The Bertz CT molecular complexity index is 647. The Balaban J connectivity index is 1.97. The summed E-state index contributed by atoms with van der Waals surface area (Å²) in [4.78, 5) is 23.3. The Hall–Kier alpha value is -2.46. The minimum absolute atomic E-state index is 0.130. The Morgan fingerprint density at radius 3 is 2.38 bits per heavy atom. The van der Waals surface area contributed by atoms with Gasteiger partial charge in [-0.05, 0) is 24.6 Å². The van der Waals surface area contributed by atoms with Gasteiger partial charge in [0, 0.05) is 17.7 Å². The molecule has 21 heavy (non-hydrogen) atoms. The van der Waals surface area contributed by atoms with Gasteiger partial charge >= 0.3 is 0 Å². The number of nitrogens with one attached hydrogen (secondary N) is 1. The van der Waals surface area contributed by atoms with Crippen molar-refractivity contribution in [3.05, 3.63) is 70.8 Å². The Kier molecular flexibility index (Phi) is 4.85. The van der Waals surface area contributed by atoms with Gasteiger partial charge in [0.25, 0.3) is 5.91 Å². The number of hydrogen-bond donors (Lipinski definition) is 2. The van der Waals surface area contributed by atoms with Crippen molar-refractivity contribution in [2.24, 2.45) is 0 Å². The van der Waals surface area contributed by atoms with Gasteiger partial charge in [-0.25, -0.2) is 0 Å². The van der Waals surface area contributed by atoms with Crippen LogP contribution in [0.2, 0.25) is 0 Å². The number of aliphatic hydroxyl groups excluding tert-OH is 1. The summed E-state index contributed by atoms with van der Waals surface area (Å²) in [5.74, 6) is -0.445. The van der Waals surface area contributed by atoms with E-state index in [1.165, 1.54) is 0 Å². The van der Waals surface area contributed by atoms with Crippen LogP contribution in [-0.4, -0.2) is 23.4 Å². The lowest BCUT2D eigenvalue weighted by molar-refractivity contribution is 0.0902. The summed E-state index contributed by atoms with van der Waals surface area (Å²) < 4.78 is 0. The van der Waals surface area contributed by atoms with E-state index >= 15 is 0 Å². The van der Waals surface area contributed by atoms with E-state index in [4.69, 9.17) is 5.11 Å². The number of carbonyl (C=O) groups is 2. The van der Waals surface area contributed by atoms with Crippen molar-refractivity contribution in [1.29, 1.82) is 0 Å². The summed E-state index contributed by atoms with van der Waals surface area (Å²) in [6, 6.07) is 14.2. The van der Waals surface area contributed by atoms with Crippen LogP contribution in [0.15, 0.2) is 48.5 Å². The Morgan fingerprint density at radius 1 is 1.05 bits per heavy atom. The molecule has 0 saturated carbocycles. The fourth-order valence-corrected chi connectivity index (χ4v) is 1.97. The molecule has 0 aliphatic rings. The number of hydrogen-bond acceptors (Lipinski definition) is 3. The molecule has 0 aromatic heterocycles. The molecule has 0 aliphatic carbocycles. The molecule has 1 amide bonds. The molecule has 0 aliphatic heterocycles. The number of amides is 1. The van der Waals surface area contributed by atoms with Crippen molar-refractivity contribution in [2.45, 2.75) is 13.5 Å². The van der Waals surface area contributed by atoms with Crippen LogP contribution in [0.3, 0.4) is 0 Å². The maximum Gasteiger partial charge on any atom is 0.251 e. The van der Waals surface area contributed by atoms with Gasteiger partial charge in [0.2, 0.25) is 0 Å². The highest BCUT2D eigenvalue weighted by molar-refractivity contribution is 5.97. The van der Waals surface area contributed by atoms with E-state index in [0.29, 0.717) is 17.7 Å². The van der Waals surface area contributed by atoms with Gasteiger partial charge in [0.15, 0.2) is 5.78 Å². The second-order valence-corrected chi connectivity index (χ2v) is 4.83. The van der Waals surface area contributed by atoms with Crippen LogP contribution in [0.5, 0.6) is 0 Å². The van der Waals surface area contributed by atoms with Crippen LogP contribution in [0.25, 0.3) is 0 Å². The minimum atomic E-state index is -0.497. The van der Waals surface area contributed by atoms with Gasteiger partial charge < -0.3 is 10.4 Å². The molecular weight excluding hydrogens is 266 g/mol. The summed E-state index contributed by atoms with van der Waals surface area (Å²) in [5.41, 5.74) is 3.02. The molecular formula is C17H17NO3. The predicted molar refractivity (Wildman–Crippen MR) is 80.2 cm³/mol. The third kappa shape index (κ3) is 4.00. The molecule has 0 atom stereocenters. The van der Waals surface area contributed by atoms with Crippen molar-refractivity contribution >= 4 is 11.7 Å². The average Bonchev–Trinajstić information content (AvgIpc) is 2.52. The van der Waals surface area contributed by atoms with Crippen LogP contribution in [0.1, 0.15) is 31.8 Å². The number of aryl methyl sites for hydroxylation is 1. The second-order valence-electron chi connectivity index (χ2n) is 4.83. The molecule has 0 heterocycles. The summed E-state index contributed by atoms with van der Waals surface area (Å²) in [6.45, 7) is 1.83. The number of rotatable bonds is 5. The lowest BCUT2D eigenvalue weighted by Gasteiger charge is -2.07. The molecule has 0 spiro atoms. The summed E-state index contributed by atoms with van der Waals surface area (Å²) >= 11 is 0. The fraction of sp³-hybridized carbons (Fsp3) is 0.176. The maximum atomic E-state index is 12.0. The molecule has 2 rings (SSSR count). The highest BCUT2D eigenvalue weighted by atomic mass is 16.3. The zero-order valence-electron chi connectivity index (χ0n) is 11.8. The first-order valence-corrected chi connectivity index (χ1v) is 6.68. The lowest BCUT2D eigenvalue weighted by atomic mass is 10.1. The average molecular weight is 283 g/mol. The molecule has 2 aromatic carbocycles. The van der Waals surface area contributed by atoms with Gasteiger partial charge in [-0.3, -0.25) is 9.59 Å². The van der Waals surface area contributed by atoms with E-state index in [9.17, 15) is 9.59 Å². The summed E-state index contributed by atoms with van der Waals surface area (Å²) in [5, 5.41) is 11.6. The number of Topliss-reactive ketones (excluding diaryl/α,β-unsaturated/α-hetero) is 1. The molecule has 2 aromatic rings. The summed E-state index contributed by atoms with van der Waals surface area (Å²) in [6.07, 6.45) is 0. The van der Waals surface area contributed by atoms with E-state index in [1.807, 2.05) is 25.1 Å². The Labute approximate surface area is 123 Å². The fourth-order valence-electron chi connectivity index (χ4n) is 1.97. The van der Waals surface area contributed by atoms with E-state index in [2.05, 4.69) is 5.32 Å². The Morgan fingerprint density at radius 2 is 1.76 bits per heavy atom. The monoisotopic (exact) mass is 283 g/mol. The van der Waals surface area contributed by atoms with Crippen molar-refractivity contribution < 1.29 is 14.7 Å². The lowest BCUT2D eigenvalue weighted by Crippen LogP contribution is -2.22. The van der Waals surface area contributed by atoms with Crippen LogP contribution in [-0.2, 0) is 6.54 Å². The quantitative estimate of drug-likeness (QED) is 0.826. The predicted octanol–water partition coefficient (Wildman–Crippen LogP) is 2.10. The zero-order chi connectivity index (χ0) is 15.2. The normalized spacial score (nSPS) is 10.2. The standard InChI is InChI=1S/C17H17NO3/c1-12-3-2-4-15(9-12)17(21)18-10-13-5-7-14(8-6-13)16(20)11-19/h2-9,19H,10-11H2,1H3,(H,18,21). The second kappa shape index (κ2) is 6.81. The molecule has 0 saturated heterocycles. The van der Waals surface area contributed by atoms with Gasteiger partial charge in [0.1, 0.15) is 6.61 Å². The van der Waals surface area contributed by atoms with Crippen molar-refractivity contribution in [3.63, 3.8) is 0 Å². The molecule has 108 valence electrons. The number of carbonyl (C=O) groups excluding carboxylic acids is 2. The van der Waals surface area contributed by atoms with E-state index in [-0.39, 0.29) is 11.7 Å². The number of benzene rings is 2. The van der Waals surface area contributed by atoms with Crippen LogP contribution >= 0.6 is 0 Å². The van der Waals surface area contributed by atoms with Gasteiger partial charge in [-0.15, -0.1) is 0 Å². The summed E-state index contributed by atoms with van der Waals surface area (Å²) in [7, 11) is 0. The van der Waals surface area contributed by atoms with Crippen molar-refractivity contribution in [3.8, 4) is 0 Å². The molecule has 4 nitrogen and oxygen atoms in total. The zero-order valence-corrected chi connectivity index (χ0v) is 11.8. The highest BCUT2D eigenvalue weighted by Gasteiger charge is 2.06. The molecule has 0 radical (unpaired) electrons. The van der Waals surface area contributed by atoms with Crippen molar-refractivity contribution in [1.82, 2.24) is 5.32 Å². The third-order valence-electron chi connectivity index (χ3n) is 3.15. The van der Waals surface area contributed by atoms with Crippen molar-refractivity contribution in [2.75, 3.05) is 6.61 Å². The van der Waals surface area contributed by atoms with Crippen LogP contribution in [0, 0.1) is 6.92 Å². The maximum absolute atomic E-state index is 12.0. The molecule has 0 fully saturated rings. The first-order chi connectivity index (χ1) is 10.1. The number of ketones is 1. The third-order valence-corrected chi connectivity index (χ3v) is 3.15. The SMILES string of the molecule is Cc1cccc(C(=O)NCc2ccc(C(=O)CO)cc2)c1. The number of aliphatic hydroxyl groups is 1.